The zero-order valence-corrected chi connectivity index (χ0v) is 12.5. The second kappa shape index (κ2) is 5.72. The van der Waals surface area contributed by atoms with Gasteiger partial charge >= 0.3 is 0 Å². The molecule has 1 aliphatic heterocycles. The van der Waals surface area contributed by atoms with Crippen molar-refractivity contribution in [1.29, 1.82) is 0 Å². The molecule has 2 aromatic carbocycles. The molecule has 23 heavy (non-hydrogen) atoms. The summed E-state index contributed by atoms with van der Waals surface area (Å²) in [6.45, 7) is 2.17. The fourth-order valence-corrected chi connectivity index (χ4v) is 2.54. The van der Waals surface area contributed by atoms with Gasteiger partial charge in [-0.1, -0.05) is 0 Å². The van der Waals surface area contributed by atoms with Crippen LogP contribution in [0.5, 0.6) is 5.75 Å². The molecule has 1 aliphatic rings. The van der Waals surface area contributed by atoms with Gasteiger partial charge in [0.25, 0.3) is 5.91 Å². The number of amides is 2. The molecular formula is C17H15FN2O3. The molecular weight excluding hydrogens is 299 g/mol. The molecule has 0 unspecified atom stereocenters. The Hall–Kier alpha value is -2.89. The van der Waals surface area contributed by atoms with Gasteiger partial charge < -0.3 is 15.4 Å². The lowest BCUT2D eigenvalue weighted by molar-refractivity contribution is 0.0958. The minimum Gasteiger partial charge on any atom is -0.487 e. The average Bonchev–Trinajstić information content (AvgIpc) is 2.53. The number of fused-ring (bicyclic) bond motifs is 1. The number of anilines is 1. The lowest BCUT2D eigenvalue weighted by Gasteiger charge is -2.33. The fourth-order valence-electron chi connectivity index (χ4n) is 2.54. The summed E-state index contributed by atoms with van der Waals surface area (Å²) in [6.07, 6.45) is -0.252. The number of primary amides is 1. The number of nitrogens with zero attached hydrogens (tertiary/aromatic N) is 1. The lowest BCUT2D eigenvalue weighted by atomic mass is 10.1. The van der Waals surface area contributed by atoms with Crippen molar-refractivity contribution in [3.63, 3.8) is 0 Å². The van der Waals surface area contributed by atoms with Gasteiger partial charge in [-0.3, -0.25) is 9.59 Å². The van der Waals surface area contributed by atoms with E-state index in [1.807, 2.05) is 6.92 Å². The Balaban J connectivity index is 1.95. The Bertz CT molecular complexity index is 774. The molecule has 0 bridgehead atoms. The molecule has 118 valence electrons. The highest BCUT2D eigenvalue weighted by Crippen LogP contribution is 2.34. The van der Waals surface area contributed by atoms with Crippen molar-refractivity contribution in [2.75, 3.05) is 11.4 Å². The van der Waals surface area contributed by atoms with E-state index in [0.717, 1.165) is 0 Å². The number of hydrogen-bond donors (Lipinski definition) is 1. The third kappa shape index (κ3) is 2.88. The van der Waals surface area contributed by atoms with Crippen LogP contribution < -0.4 is 15.4 Å². The molecule has 1 atom stereocenters. The van der Waals surface area contributed by atoms with Crippen LogP contribution in [-0.2, 0) is 0 Å². The maximum atomic E-state index is 13.4. The first kappa shape index (κ1) is 15.0. The highest BCUT2D eigenvalue weighted by molar-refractivity contribution is 6.07. The smallest absolute Gasteiger partial charge is 0.258 e. The number of halogens is 1. The van der Waals surface area contributed by atoms with E-state index >= 15 is 0 Å². The number of benzene rings is 2. The van der Waals surface area contributed by atoms with Crippen LogP contribution >= 0.6 is 0 Å². The highest BCUT2D eigenvalue weighted by atomic mass is 19.1. The zero-order valence-electron chi connectivity index (χ0n) is 12.5. The molecule has 0 radical (unpaired) electrons. The molecule has 2 N–H and O–H groups in total. The van der Waals surface area contributed by atoms with Crippen molar-refractivity contribution in [3.8, 4) is 5.75 Å². The van der Waals surface area contributed by atoms with Crippen molar-refractivity contribution >= 4 is 17.5 Å². The molecule has 0 saturated heterocycles. The van der Waals surface area contributed by atoms with Crippen LogP contribution in [0.1, 0.15) is 27.6 Å². The van der Waals surface area contributed by atoms with E-state index < -0.39 is 11.7 Å². The Morgan fingerprint density at radius 1 is 1.17 bits per heavy atom. The quantitative estimate of drug-likeness (QED) is 0.925. The van der Waals surface area contributed by atoms with Crippen LogP contribution in [0, 0.1) is 5.82 Å². The summed E-state index contributed by atoms with van der Waals surface area (Å²) < 4.78 is 19.0. The van der Waals surface area contributed by atoms with Gasteiger partial charge in [-0.05, 0) is 43.3 Å². The van der Waals surface area contributed by atoms with Gasteiger partial charge in [-0.15, -0.1) is 0 Å². The molecule has 0 aromatic heterocycles. The second-order valence-electron chi connectivity index (χ2n) is 5.40. The molecule has 0 aliphatic carbocycles. The van der Waals surface area contributed by atoms with E-state index in [1.54, 1.807) is 17.0 Å². The normalized spacial score (nSPS) is 16.4. The van der Waals surface area contributed by atoms with Crippen LogP contribution in [0.15, 0.2) is 42.5 Å². The van der Waals surface area contributed by atoms with E-state index in [2.05, 4.69) is 0 Å². The van der Waals surface area contributed by atoms with E-state index in [4.69, 9.17) is 10.5 Å². The van der Waals surface area contributed by atoms with E-state index in [9.17, 15) is 14.0 Å². The van der Waals surface area contributed by atoms with Crippen LogP contribution in [0.2, 0.25) is 0 Å². The van der Waals surface area contributed by atoms with Crippen LogP contribution in [0.25, 0.3) is 0 Å². The second-order valence-corrected chi connectivity index (χ2v) is 5.40. The van der Waals surface area contributed by atoms with E-state index in [1.165, 1.54) is 30.3 Å². The number of rotatable bonds is 2. The molecule has 2 aromatic rings. The minimum absolute atomic E-state index is 0.246. The molecule has 0 fully saturated rings. The van der Waals surface area contributed by atoms with Crippen LogP contribution in [0.3, 0.4) is 0 Å². The van der Waals surface area contributed by atoms with Crippen molar-refractivity contribution in [2.45, 2.75) is 13.0 Å². The van der Waals surface area contributed by atoms with Crippen LogP contribution in [0.4, 0.5) is 10.1 Å². The first-order chi connectivity index (χ1) is 11.0. The number of ether oxygens (including phenoxy) is 1. The highest BCUT2D eigenvalue weighted by Gasteiger charge is 2.28. The van der Waals surface area contributed by atoms with Crippen molar-refractivity contribution in [2.24, 2.45) is 5.73 Å². The van der Waals surface area contributed by atoms with Crippen molar-refractivity contribution < 1.29 is 18.7 Å². The largest absolute Gasteiger partial charge is 0.487 e. The van der Waals surface area contributed by atoms with Gasteiger partial charge in [0.05, 0.1) is 12.2 Å². The van der Waals surface area contributed by atoms with Gasteiger partial charge in [0.15, 0.2) is 0 Å². The summed E-state index contributed by atoms with van der Waals surface area (Å²) in [6, 6.07) is 10.2. The third-order valence-electron chi connectivity index (χ3n) is 3.64. The summed E-state index contributed by atoms with van der Waals surface area (Å²) in [5.74, 6) is -0.879. The molecule has 0 saturated carbocycles. The molecule has 3 rings (SSSR count). The van der Waals surface area contributed by atoms with Crippen LogP contribution in [-0.4, -0.2) is 24.5 Å². The molecule has 0 spiro atoms. The van der Waals surface area contributed by atoms with E-state index in [-0.39, 0.29) is 12.0 Å². The molecule has 2 amide bonds. The zero-order chi connectivity index (χ0) is 16.6. The Kier molecular flexibility index (Phi) is 3.73. The standard InChI is InChI=1S/C17H15FN2O3/c1-10-9-20(14-7-6-13(18)8-15(14)23-10)17(22)12-4-2-11(3-5-12)16(19)21/h2-8,10H,9H2,1H3,(H2,19,21)/t10-/m1/s1. The maximum Gasteiger partial charge on any atom is 0.258 e. The summed E-state index contributed by atoms with van der Waals surface area (Å²) in [5.41, 5.74) is 6.46. The summed E-state index contributed by atoms with van der Waals surface area (Å²) in [7, 11) is 0. The Morgan fingerprint density at radius 2 is 1.83 bits per heavy atom. The monoisotopic (exact) mass is 314 g/mol. The van der Waals surface area contributed by atoms with Gasteiger partial charge in [0.1, 0.15) is 17.7 Å². The Labute approximate surface area is 132 Å². The van der Waals surface area contributed by atoms with E-state index in [0.29, 0.717) is 29.1 Å². The van der Waals surface area contributed by atoms with Crippen molar-refractivity contribution in [1.82, 2.24) is 0 Å². The lowest BCUT2D eigenvalue weighted by Crippen LogP contribution is -2.42. The molecule has 5 nitrogen and oxygen atoms in total. The maximum absolute atomic E-state index is 13.4. The predicted molar refractivity (Wildman–Crippen MR) is 83.1 cm³/mol. The number of carbonyl (C=O) groups is 2. The SMILES string of the molecule is C[C@@H]1CN(C(=O)c2ccc(C(N)=O)cc2)c2ccc(F)cc2O1. The molecule has 1 heterocycles. The third-order valence-corrected chi connectivity index (χ3v) is 3.64. The predicted octanol–water partition coefficient (Wildman–Crippen LogP) is 2.35. The minimum atomic E-state index is -0.551. The number of hydrogen-bond acceptors (Lipinski definition) is 3. The summed E-state index contributed by atoms with van der Waals surface area (Å²) in [5, 5.41) is 0. The van der Waals surface area contributed by atoms with Gasteiger partial charge in [-0.2, -0.15) is 0 Å². The van der Waals surface area contributed by atoms with Crippen molar-refractivity contribution in [3.05, 3.63) is 59.4 Å². The van der Waals surface area contributed by atoms with Gasteiger partial charge in [0.2, 0.25) is 5.91 Å². The molecule has 6 heteroatoms. The average molecular weight is 314 g/mol. The first-order valence-corrected chi connectivity index (χ1v) is 7.13. The first-order valence-electron chi connectivity index (χ1n) is 7.13. The van der Waals surface area contributed by atoms with Gasteiger partial charge in [-0.25, -0.2) is 4.39 Å². The fraction of sp³-hybridized carbons (Fsp3) is 0.176. The van der Waals surface area contributed by atoms with Gasteiger partial charge in [0, 0.05) is 17.2 Å². The Morgan fingerprint density at radius 3 is 2.48 bits per heavy atom. The number of nitrogens with two attached hydrogens (primary N) is 1. The number of carbonyl (C=O) groups excluding carboxylic acids is 2. The summed E-state index contributed by atoms with van der Waals surface area (Å²) in [4.78, 5) is 25.4. The topological polar surface area (TPSA) is 72.6 Å². The summed E-state index contributed by atoms with van der Waals surface area (Å²) >= 11 is 0.